The zero-order valence-corrected chi connectivity index (χ0v) is 22.9. The van der Waals surface area contributed by atoms with Crippen LogP contribution in [0, 0.1) is 17.8 Å². The number of fused-ring (bicyclic) bond motifs is 1. The van der Waals surface area contributed by atoms with E-state index in [1.165, 1.54) is 7.11 Å². The van der Waals surface area contributed by atoms with E-state index in [0.29, 0.717) is 56.7 Å². The Kier molecular flexibility index (Phi) is 8.20. The van der Waals surface area contributed by atoms with E-state index in [4.69, 9.17) is 9.47 Å². The summed E-state index contributed by atoms with van der Waals surface area (Å²) < 4.78 is 91.3. The third kappa shape index (κ3) is 6.60. The van der Waals surface area contributed by atoms with Gasteiger partial charge in [-0.15, -0.1) is 0 Å². The average Bonchev–Trinajstić information content (AvgIpc) is 3.77. The molecule has 0 bridgehead atoms. The molecule has 0 amide bonds. The third-order valence-electron chi connectivity index (χ3n) is 8.72. The van der Waals surface area contributed by atoms with E-state index in [2.05, 4.69) is 5.32 Å². The molecular formula is C30H34F6N2O3. The largest absolute Gasteiger partial charge is 0.489 e. The lowest BCUT2D eigenvalue weighted by Gasteiger charge is -2.39. The predicted octanol–water partition coefficient (Wildman–Crippen LogP) is 7.11. The first-order chi connectivity index (χ1) is 19.3. The van der Waals surface area contributed by atoms with Crippen LogP contribution in [0.2, 0.25) is 0 Å². The van der Waals surface area contributed by atoms with Crippen LogP contribution in [0.15, 0.2) is 36.4 Å². The molecule has 2 unspecified atom stereocenters. The number of benzene rings is 2. The second kappa shape index (κ2) is 11.4. The maximum absolute atomic E-state index is 13.5. The van der Waals surface area contributed by atoms with Crippen molar-refractivity contribution in [1.82, 2.24) is 4.90 Å². The highest BCUT2D eigenvalue weighted by molar-refractivity contribution is 5.73. The minimum Gasteiger partial charge on any atom is -0.489 e. The molecule has 2 fully saturated rings. The van der Waals surface area contributed by atoms with Gasteiger partial charge in [0.25, 0.3) is 0 Å². The molecule has 1 saturated carbocycles. The minimum absolute atomic E-state index is 0.0170. The normalized spacial score (nSPS) is 21.8. The van der Waals surface area contributed by atoms with Crippen molar-refractivity contribution in [2.24, 2.45) is 17.8 Å². The molecule has 11 heteroatoms. The number of nitrogens with zero attached hydrogens (tertiary/aromatic N) is 1. The van der Waals surface area contributed by atoms with E-state index in [1.54, 1.807) is 4.90 Å². The van der Waals surface area contributed by atoms with Crippen molar-refractivity contribution in [1.29, 1.82) is 0 Å². The summed E-state index contributed by atoms with van der Waals surface area (Å²) in [6, 6.07) is 7.59. The van der Waals surface area contributed by atoms with E-state index in [1.807, 2.05) is 25.1 Å². The fourth-order valence-electron chi connectivity index (χ4n) is 6.36. The van der Waals surface area contributed by atoms with Crippen LogP contribution in [-0.2, 0) is 28.4 Å². The van der Waals surface area contributed by atoms with Gasteiger partial charge in [-0.3, -0.25) is 9.69 Å². The molecule has 41 heavy (non-hydrogen) atoms. The summed E-state index contributed by atoms with van der Waals surface area (Å²) >= 11 is 0. The molecule has 1 N–H and O–H groups in total. The van der Waals surface area contributed by atoms with E-state index < -0.39 is 23.5 Å². The first-order valence-electron chi connectivity index (χ1n) is 14.0. The molecule has 5 rings (SSSR count). The second-order valence-electron chi connectivity index (χ2n) is 11.5. The molecule has 2 aromatic rings. The number of carbonyl (C=O) groups excluding carboxylic acids is 1. The number of nitrogens with one attached hydrogen (secondary N) is 1. The molecular weight excluding hydrogens is 550 g/mol. The SMILES string of the molecule is COC(=O)[C@@H](C)C(c1ccc2c(c1)NC(C1CCN(Cc3cc(C(F)(F)F)ccc3C(F)(F)F)CC1)CO2)C1CC1. The summed E-state index contributed by atoms with van der Waals surface area (Å²) in [6.45, 7) is 3.06. The molecule has 1 aliphatic carbocycles. The van der Waals surface area contributed by atoms with E-state index in [-0.39, 0.29) is 41.9 Å². The first-order valence-corrected chi connectivity index (χ1v) is 14.0. The smallest absolute Gasteiger partial charge is 0.416 e. The predicted molar refractivity (Wildman–Crippen MR) is 140 cm³/mol. The zero-order chi connectivity index (χ0) is 29.5. The standard InChI is InChI=1S/C30H34F6N2O3/c1-17(28(39)40-2)27(19-3-4-19)20-5-8-26-24(14-20)37-25(16-41-26)18-9-11-38(12-10-18)15-21-13-22(29(31,32)33)6-7-23(21)30(34,35)36/h5-8,13-14,17-19,25,27,37H,3-4,9-12,15-16H2,1-2H3/t17-,25?,27?/m0/s1. The lowest BCUT2D eigenvalue weighted by molar-refractivity contribution is -0.145. The van der Waals surface area contributed by atoms with Crippen LogP contribution in [0.5, 0.6) is 5.75 Å². The quantitative estimate of drug-likeness (QED) is 0.278. The fraction of sp³-hybridized carbons (Fsp3) is 0.567. The summed E-state index contributed by atoms with van der Waals surface area (Å²) in [4.78, 5) is 14.1. The topological polar surface area (TPSA) is 50.8 Å². The first kappa shape index (κ1) is 29.5. The van der Waals surface area contributed by atoms with Crippen LogP contribution in [-0.4, -0.2) is 43.7 Å². The Hall–Kier alpha value is -2.95. The average molecular weight is 585 g/mol. The van der Waals surface area contributed by atoms with Crippen molar-refractivity contribution in [3.8, 4) is 5.75 Å². The molecule has 0 aromatic heterocycles. The van der Waals surface area contributed by atoms with Crippen LogP contribution < -0.4 is 10.1 Å². The summed E-state index contributed by atoms with van der Waals surface area (Å²) in [5.41, 5.74) is -0.576. The molecule has 3 aliphatic rings. The zero-order valence-electron chi connectivity index (χ0n) is 22.9. The Morgan fingerprint density at radius 3 is 2.34 bits per heavy atom. The molecule has 2 aromatic carbocycles. The lowest BCUT2D eigenvalue weighted by atomic mass is 9.82. The van der Waals surface area contributed by atoms with Crippen LogP contribution >= 0.6 is 0 Å². The van der Waals surface area contributed by atoms with Gasteiger partial charge < -0.3 is 14.8 Å². The summed E-state index contributed by atoms with van der Waals surface area (Å²) in [5.74, 6) is 0.884. The van der Waals surface area contributed by atoms with Crippen LogP contribution in [0.4, 0.5) is 32.0 Å². The fourth-order valence-corrected chi connectivity index (χ4v) is 6.36. The summed E-state index contributed by atoms with van der Waals surface area (Å²) in [6.07, 6.45) is -5.98. The molecule has 2 heterocycles. The van der Waals surface area contributed by atoms with Crippen molar-refractivity contribution in [2.45, 2.75) is 63.5 Å². The van der Waals surface area contributed by atoms with E-state index in [9.17, 15) is 31.1 Å². The number of hydrogen-bond donors (Lipinski definition) is 1. The van der Waals surface area contributed by atoms with Gasteiger partial charge in [-0.2, -0.15) is 26.3 Å². The van der Waals surface area contributed by atoms with Gasteiger partial charge in [0.2, 0.25) is 0 Å². The van der Waals surface area contributed by atoms with Crippen LogP contribution in [0.3, 0.4) is 0 Å². The highest BCUT2D eigenvalue weighted by Crippen LogP contribution is 2.48. The van der Waals surface area contributed by atoms with Gasteiger partial charge >= 0.3 is 18.3 Å². The van der Waals surface area contributed by atoms with Gasteiger partial charge in [0.05, 0.1) is 35.9 Å². The van der Waals surface area contributed by atoms with Crippen molar-refractivity contribution in [2.75, 3.05) is 32.1 Å². The van der Waals surface area contributed by atoms with Gasteiger partial charge in [-0.05, 0) is 98.0 Å². The van der Waals surface area contributed by atoms with Crippen molar-refractivity contribution >= 4 is 11.7 Å². The summed E-state index contributed by atoms with van der Waals surface area (Å²) in [7, 11) is 1.40. The number of carbonyl (C=O) groups is 1. The maximum Gasteiger partial charge on any atom is 0.416 e. The molecule has 0 spiro atoms. The molecule has 3 atom stereocenters. The monoisotopic (exact) mass is 584 g/mol. The Bertz CT molecular complexity index is 1250. The number of piperidine rings is 1. The van der Waals surface area contributed by atoms with Crippen LogP contribution in [0.25, 0.3) is 0 Å². The molecule has 224 valence electrons. The van der Waals surface area contributed by atoms with E-state index in [0.717, 1.165) is 29.8 Å². The Morgan fingerprint density at radius 2 is 1.73 bits per heavy atom. The number of halogens is 6. The Labute approximate surface area is 235 Å². The van der Waals surface area contributed by atoms with Crippen molar-refractivity contribution < 1.29 is 40.6 Å². The lowest BCUT2D eigenvalue weighted by Crippen LogP contribution is -2.44. The van der Waals surface area contributed by atoms with Gasteiger partial charge in [-0.1, -0.05) is 13.0 Å². The number of alkyl halides is 6. The molecule has 2 aliphatic heterocycles. The Morgan fingerprint density at radius 1 is 1.02 bits per heavy atom. The number of esters is 1. The van der Waals surface area contributed by atoms with Crippen molar-refractivity contribution in [3.05, 3.63) is 58.7 Å². The highest BCUT2D eigenvalue weighted by atomic mass is 19.4. The molecule has 1 saturated heterocycles. The Balaban J connectivity index is 1.24. The third-order valence-corrected chi connectivity index (χ3v) is 8.72. The number of ether oxygens (including phenoxy) is 2. The number of anilines is 1. The van der Waals surface area contributed by atoms with Gasteiger partial charge in [0, 0.05) is 6.54 Å². The number of likely N-dealkylation sites (tertiary alicyclic amines) is 1. The van der Waals surface area contributed by atoms with Gasteiger partial charge in [-0.25, -0.2) is 0 Å². The highest BCUT2D eigenvalue weighted by Gasteiger charge is 2.40. The van der Waals surface area contributed by atoms with Gasteiger partial charge in [0.15, 0.2) is 0 Å². The van der Waals surface area contributed by atoms with Crippen molar-refractivity contribution in [3.63, 3.8) is 0 Å². The second-order valence-corrected chi connectivity index (χ2v) is 11.5. The van der Waals surface area contributed by atoms with Gasteiger partial charge in [0.1, 0.15) is 12.4 Å². The number of rotatable bonds is 7. The molecule has 5 nitrogen and oxygen atoms in total. The maximum atomic E-state index is 13.5. The van der Waals surface area contributed by atoms with Crippen LogP contribution in [0.1, 0.15) is 60.8 Å². The summed E-state index contributed by atoms with van der Waals surface area (Å²) in [5, 5.41) is 3.59. The molecule has 0 radical (unpaired) electrons. The minimum atomic E-state index is -4.74. The van der Waals surface area contributed by atoms with E-state index >= 15 is 0 Å². The number of methoxy groups -OCH3 is 1. The number of hydrogen-bond acceptors (Lipinski definition) is 5.